The third-order valence-electron chi connectivity index (χ3n) is 3.96. The summed E-state index contributed by atoms with van der Waals surface area (Å²) in [5.41, 5.74) is 1.05. The Labute approximate surface area is 133 Å². The van der Waals surface area contributed by atoms with E-state index in [-0.39, 0.29) is 18.1 Å². The van der Waals surface area contributed by atoms with Gasteiger partial charge in [-0.2, -0.15) is 11.8 Å². The smallest absolute Gasteiger partial charge is 0.325 e. The summed E-state index contributed by atoms with van der Waals surface area (Å²) in [6.07, 6.45) is 3.37. The molecule has 2 aliphatic rings. The Morgan fingerprint density at radius 2 is 2.23 bits per heavy atom. The van der Waals surface area contributed by atoms with E-state index in [1.54, 1.807) is 12.5 Å². The SMILES string of the molecule is O=C1NCCN1C(=O)NC[C@H](c1ccoc1)N1CCSCC1. The number of thioether (sulfide) groups is 1. The van der Waals surface area contributed by atoms with Crippen molar-refractivity contribution in [3.05, 3.63) is 24.2 Å². The first kappa shape index (κ1) is 15.2. The molecule has 0 unspecified atom stereocenters. The Morgan fingerprint density at radius 3 is 2.86 bits per heavy atom. The van der Waals surface area contributed by atoms with Crippen LogP contribution in [0.1, 0.15) is 11.6 Å². The van der Waals surface area contributed by atoms with E-state index in [1.807, 2.05) is 17.8 Å². The number of amides is 4. The minimum absolute atomic E-state index is 0.0780. The number of nitrogens with zero attached hydrogens (tertiary/aromatic N) is 2. The van der Waals surface area contributed by atoms with Crippen molar-refractivity contribution in [2.45, 2.75) is 6.04 Å². The Hall–Kier alpha value is -1.67. The van der Waals surface area contributed by atoms with Gasteiger partial charge in [0.25, 0.3) is 0 Å². The highest BCUT2D eigenvalue weighted by Gasteiger charge is 2.28. The minimum Gasteiger partial charge on any atom is -0.472 e. The summed E-state index contributed by atoms with van der Waals surface area (Å²) < 4.78 is 5.19. The second-order valence-corrected chi connectivity index (χ2v) is 6.52. The molecule has 2 saturated heterocycles. The monoisotopic (exact) mass is 324 g/mol. The van der Waals surface area contributed by atoms with Crippen molar-refractivity contribution in [2.75, 3.05) is 44.2 Å². The molecule has 1 atom stereocenters. The van der Waals surface area contributed by atoms with Gasteiger partial charge in [-0.25, -0.2) is 14.5 Å². The molecule has 0 bridgehead atoms. The number of urea groups is 2. The van der Waals surface area contributed by atoms with Gasteiger partial charge < -0.3 is 15.1 Å². The summed E-state index contributed by atoms with van der Waals surface area (Å²) in [4.78, 5) is 27.2. The average molecular weight is 324 g/mol. The Kier molecular flexibility index (Phi) is 4.89. The summed E-state index contributed by atoms with van der Waals surface area (Å²) in [6, 6.07) is 1.34. The molecule has 1 aromatic rings. The van der Waals surface area contributed by atoms with Gasteiger partial charge in [0.2, 0.25) is 0 Å². The van der Waals surface area contributed by atoms with Gasteiger partial charge in [-0.3, -0.25) is 4.90 Å². The van der Waals surface area contributed by atoms with Crippen LogP contribution in [0.25, 0.3) is 0 Å². The van der Waals surface area contributed by atoms with Crippen molar-refractivity contribution in [1.29, 1.82) is 0 Å². The lowest BCUT2D eigenvalue weighted by Gasteiger charge is -2.34. The lowest BCUT2D eigenvalue weighted by atomic mass is 10.1. The third kappa shape index (κ3) is 3.38. The van der Waals surface area contributed by atoms with E-state index in [0.29, 0.717) is 19.6 Å². The maximum atomic E-state index is 12.1. The lowest BCUT2D eigenvalue weighted by molar-refractivity contribution is 0.186. The van der Waals surface area contributed by atoms with Crippen LogP contribution >= 0.6 is 11.8 Å². The van der Waals surface area contributed by atoms with E-state index in [0.717, 1.165) is 30.2 Å². The van der Waals surface area contributed by atoms with E-state index in [9.17, 15) is 9.59 Å². The molecule has 8 heteroatoms. The molecule has 3 heterocycles. The number of carbonyl (C=O) groups excluding carboxylic acids is 2. The minimum atomic E-state index is -0.338. The number of nitrogens with one attached hydrogen (secondary N) is 2. The molecule has 3 rings (SSSR count). The summed E-state index contributed by atoms with van der Waals surface area (Å²) in [7, 11) is 0. The van der Waals surface area contributed by atoms with Crippen LogP contribution in [-0.4, -0.2) is 66.1 Å². The molecule has 2 fully saturated rings. The van der Waals surface area contributed by atoms with Crippen LogP contribution in [0.4, 0.5) is 9.59 Å². The zero-order chi connectivity index (χ0) is 15.4. The van der Waals surface area contributed by atoms with Crippen molar-refractivity contribution >= 4 is 23.8 Å². The van der Waals surface area contributed by atoms with Crippen LogP contribution < -0.4 is 10.6 Å². The van der Waals surface area contributed by atoms with Crippen LogP contribution in [0.5, 0.6) is 0 Å². The van der Waals surface area contributed by atoms with Crippen LogP contribution in [0.2, 0.25) is 0 Å². The maximum Gasteiger partial charge on any atom is 0.325 e. The zero-order valence-corrected chi connectivity index (χ0v) is 13.1. The van der Waals surface area contributed by atoms with E-state index in [2.05, 4.69) is 15.5 Å². The Bertz CT molecular complexity index is 516. The third-order valence-corrected chi connectivity index (χ3v) is 4.91. The topological polar surface area (TPSA) is 77.8 Å². The van der Waals surface area contributed by atoms with E-state index in [4.69, 9.17) is 4.42 Å². The van der Waals surface area contributed by atoms with Gasteiger partial charge in [0.05, 0.1) is 18.6 Å². The summed E-state index contributed by atoms with van der Waals surface area (Å²) in [5, 5.41) is 5.50. The van der Waals surface area contributed by atoms with E-state index >= 15 is 0 Å². The molecule has 7 nitrogen and oxygen atoms in total. The number of imide groups is 1. The first-order valence-corrected chi connectivity index (χ1v) is 8.58. The number of hydrogen-bond acceptors (Lipinski definition) is 5. The fourth-order valence-corrected chi connectivity index (χ4v) is 3.69. The predicted molar refractivity (Wildman–Crippen MR) is 83.9 cm³/mol. The van der Waals surface area contributed by atoms with Crippen molar-refractivity contribution in [1.82, 2.24) is 20.4 Å². The number of rotatable bonds is 4. The quantitative estimate of drug-likeness (QED) is 0.867. The molecule has 2 N–H and O–H groups in total. The fraction of sp³-hybridized carbons (Fsp3) is 0.571. The number of hydrogen-bond donors (Lipinski definition) is 2. The molecule has 1 aromatic heterocycles. The van der Waals surface area contributed by atoms with Crippen molar-refractivity contribution in [3.8, 4) is 0 Å². The standard InChI is InChI=1S/C14H20N4O3S/c19-13-15-2-3-18(13)14(20)16-9-12(11-1-6-21-10-11)17-4-7-22-8-5-17/h1,6,10,12H,2-5,7-9H2,(H,15,19)(H,16,20)/t12-/m1/s1. The highest BCUT2D eigenvalue weighted by atomic mass is 32.2. The Balaban J connectivity index is 1.62. The second-order valence-electron chi connectivity index (χ2n) is 5.29. The molecule has 2 aliphatic heterocycles. The van der Waals surface area contributed by atoms with Crippen LogP contribution in [0.15, 0.2) is 23.0 Å². The molecular weight excluding hydrogens is 304 g/mol. The predicted octanol–water partition coefficient (Wildman–Crippen LogP) is 1.10. The van der Waals surface area contributed by atoms with Gasteiger partial charge in [0, 0.05) is 49.8 Å². The second kappa shape index (κ2) is 7.06. The molecular formula is C14H20N4O3S. The molecule has 0 aromatic carbocycles. The van der Waals surface area contributed by atoms with Gasteiger partial charge in [-0.1, -0.05) is 0 Å². The van der Waals surface area contributed by atoms with Gasteiger partial charge in [-0.15, -0.1) is 0 Å². The van der Waals surface area contributed by atoms with Crippen molar-refractivity contribution in [2.24, 2.45) is 0 Å². The van der Waals surface area contributed by atoms with Crippen molar-refractivity contribution < 1.29 is 14.0 Å². The molecule has 22 heavy (non-hydrogen) atoms. The van der Waals surface area contributed by atoms with Gasteiger partial charge in [0.1, 0.15) is 0 Å². The van der Waals surface area contributed by atoms with Crippen molar-refractivity contribution in [3.63, 3.8) is 0 Å². The highest BCUT2D eigenvalue weighted by molar-refractivity contribution is 7.99. The zero-order valence-electron chi connectivity index (χ0n) is 12.3. The largest absolute Gasteiger partial charge is 0.472 e. The van der Waals surface area contributed by atoms with Crippen LogP contribution in [0.3, 0.4) is 0 Å². The highest BCUT2D eigenvalue weighted by Crippen LogP contribution is 2.24. The van der Waals surface area contributed by atoms with E-state index < -0.39 is 0 Å². The fourth-order valence-electron chi connectivity index (χ4n) is 2.76. The molecule has 0 radical (unpaired) electrons. The number of carbonyl (C=O) groups is 2. The molecule has 120 valence electrons. The molecule has 4 amide bonds. The lowest BCUT2D eigenvalue weighted by Crippen LogP contribution is -2.46. The van der Waals surface area contributed by atoms with Crippen LogP contribution in [-0.2, 0) is 0 Å². The van der Waals surface area contributed by atoms with Crippen LogP contribution in [0, 0.1) is 0 Å². The van der Waals surface area contributed by atoms with Gasteiger partial charge in [0.15, 0.2) is 0 Å². The first-order chi connectivity index (χ1) is 10.8. The summed E-state index contributed by atoms with van der Waals surface area (Å²) >= 11 is 1.94. The van der Waals surface area contributed by atoms with E-state index in [1.165, 1.54) is 4.90 Å². The summed E-state index contributed by atoms with van der Waals surface area (Å²) in [6.45, 7) is 3.37. The molecule has 0 spiro atoms. The number of furan rings is 1. The summed E-state index contributed by atoms with van der Waals surface area (Å²) in [5.74, 6) is 2.19. The first-order valence-electron chi connectivity index (χ1n) is 7.43. The maximum absolute atomic E-state index is 12.1. The van der Waals surface area contributed by atoms with Gasteiger partial charge in [-0.05, 0) is 6.07 Å². The Morgan fingerprint density at radius 1 is 1.41 bits per heavy atom. The average Bonchev–Trinajstić information content (AvgIpc) is 3.20. The normalized spacial score (nSPS) is 20.7. The van der Waals surface area contributed by atoms with Gasteiger partial charge >= 0.3 is 12.1 Å². The molecule has 0 saturated carbocycles. The molecule has 0 aliphatic carbocycles.